The molecular formula is C29H25NO. The fraction of sp³-hybridized carbons (Fsp3) is 0.138. The van der Waals surface area contributed by atoms with Crippen molar-refractivity contribution < 1.29 is 4.42 Å². The Balaban J connectivity index is 1.78. The van der Waals surface area contributed by atoms with Crippen LogP contribution >= 0.6 is 0 Å². The van der Waals surface area contributed by atoms with E-state index >= 15 is 0 Å². The van der Waals surface area contributed by atoms with Gasteiger partial charge in [-0.3, -0.25) is 4.98 Å². The summed E-state index contributed by atoms with van der Waals surface area (Å²) in [4.78, 5) is 4.68. The van der Waals surface area contributed by atoms with Crippen LogP contribution in [0.25, 0.3) is 44.7 Å². The van der Waals surface area contributed by atoms with Gasteiger partial charge in [-0.1, -0.05) is 88.0 Å². The third kappa shape index (κ3) is 3.34. The van der Waals surface area contributed by atoms with Gasteiger partial charge in [0.25, 0.3) is 0 Å². The molecule has 0 saturated carbocycles. The van der Waals surface area contributed by atoms with Crippen LogP contribution in [0.15, 0.2) is 83.9 Å². The molecule has 3 aromatic carbocycles. The summed E-state index contributed by atoms with van der Waals surface area (Å²) >= 11 is 0. The number of rotatable bonds is 2. The van der Waals surface area contributed by atoms with Crippen molar-refractivity contribution in [2.24, 2.45) is 0 Å². The number of pyridine rings is 1. The highest BCUT2D eigenvalue weighted by atomic mass is 16.3. The number of allylic oxidation sites excluding steroid dienone is 1. The molecule has 0 fully saturated rings. The summed E-state index contributed by atoms with van der Waals surface area (Å²) in [7, 11) is 0. The van der Waals surface area contributed by atoms with E-state index in [0.29, 0.717) is 0 Å². The summed E-state index contributed by atoms with van der Waals surface area (Å²) in [5, 5.41) is 6.91. The van der Waals surface area contributed by atoms with E-state index in [-0.39, 0.29) is 5.41 Å². The Hall–Kier alpha value is -3.65. The van der Waals surface area contributed by atoms with Gasteiger partial charge in [0.05, 0.1) is 5.69 Å². The number of hydrogen-bond acceptors (Lipinski definition) is 2. The lowest BCUT2D eigenvalue weighted by Crippen LogP contribution is -2.20. The largest absolute Gasteiger partial charge is 0.456 e. The fourth-order valence-electron chi connectivity index (χ4n) is 4.21. The minimum absolute atomic E-state index is 0.125. The van der Waals surface area contributed by atoms with Gasteiger partial charge in [-0.25, -0.2) is 0 Å². The van der Waals surface area contributed by atoms with Crippen molar-refractivity contribution in [2.75, 3.05) is 0 Å². The molecule has 0 spiro atoms. The van der Waals surface area contributed by atoms with Gasteiger partial charge in [0, 0.05) is 28.3 Å². The van der Waals surface area contributed by atoms with E-state index in [9.17, 15) is 0 Å². The third-order valence-electron chi connectivity index (χ3n) is 5.87. The maximum absolute atomic E-state index is 6.17. The van der Waals surface area contributed by atoms with Crippen molar-refractivity contribution in [3.05, 3.63) is 101 Å². The Morgan fingerprint density at radius 1 is 0.871 bits per heavy atom. The van der Waals surface area contributed by atoms with Gasteiger partial charge in [-0.05, 0) is 39.3 Å². The highest BCUT2D eigenvalue weighted by Crippen LogP contribution is 2.31. The molecule has 0 atom stereocenters. The number of benzene rings is 3. The second-order valence-corrected chi connectivity index (χ2v) is 8.97. The zero-order chi connectivity index (χ0) is 21.6. The highest BCUT2D eigenvalue weighted by Gasteiger charge is 2.14. The predicted octanol–water partition coefficient (Wildman–Crippen LogP) is 6.23. The molecule has 31 heavy (non-hydrogen) atoms. The fourth-order valence-corrected chi connectivity index (χ4v) is 4.21. The maximum atomic E-state index is 6.17. The van der Waals surface area contributed by atoms with E-state index in [1.165, 1.54) is 21.7 Å². The Morgan fingerprint density at radius 3 is 2.48 bits per heavy atom. The molecule has 0 radical (unpaired) electrons. The van der Waals surface area contributed by atoms with Crippen molar-refractivity contribution in [3.8, 4) is 0 Å². The lowest BCUT2D eigenvalue weighted by molar-refractivity contribution is 0.575. The zero-order valence-electron chi connectivity index (χ0n) is 18.1. The smallest absolute Gasteiger partial charge is 0.137 e. The molecule has 5 rings (SSSR count). The minimum atomic E-state index is 0.125. The lowest BCUT2D eigenvalue weighted by Gasteiger charge is -2.19. The predicted molar refractivity (Wildman–Crippen MR) is 132 cm³/mol. The van der Waals surface area contributed by atoms with Crippen molar-refractivity contribution in [1.29, 1.82) is 0 Å². The van der Waals surface area contributed by atoms with Gasteiger partial charge < -0.3 is 4.42 Å². The van der Waals surface area contributed by atoms with Crippen molar-refractivity contribution in [3.63, 3.8) is 0 Å². The van der Waals surface area contributed by atoms with Crippen LogP contribution in [0.4, 0.5) is 0 Å². The summed E-state index contributed by atoms with van der Waals surface area (Å²) in [5.74, 6) is 0. The van der Waals surface area contributed by atoms with Crippen molar-refractivity contribution in [1.82, 2.24) is 4.98 Å². The molecule has 0 aliphatic rings. The first kappa shape index (κ1) is 19.3. The average Bonchev–Trinajstić information content (AvgIpc) is 3.10. The second kappa shape index (κ2) is 7.24. The van der Waals surface area contributed by atoms with Gasteiger partial charge >= 0.3 is 0 Å². The first-order valence-electron chi connectivity index (χ1n) is 10.6. The molecule has 2 nitrogen and oxygen atoms in total. The normalized spacial score (nSPS) is 13.5. The first-order chi connectivity index (χ1) is 15.0. The SMILES string of the molecule is C=CC=c1c(=Cc2nccc3c2ccc2cc(C(C)(C)C)ccc23)oc2ccccc12. The number of para-hydroxylation sites is 1. The van der Waals surface area contributed by atoms with Gasteiger partial charge in [-0.2, -0.15) is 0 Å². The highest BCUT2D eigenvalue weighted by molar-refractivity contribution is 6.09. The maximum Gasteiger partial charge on any atom is 0.137 e. The topological polar surface area (TPSA) is 26.0 Å². The molecular weight excluding hydrogens is 378 g/mol. The quantitative estimate of drug-likeness (QED) is 0.327. The lowest BCUT2D eigenvalue weighted by atomic mass is 9.85. The Bertz CT molecular complexity index is 1580. The van der Waals surface area contributed by atoms with Crippen LogP contribution in [0.5, 0.6) is 0 Å². The minimum Gasteiger partial charge on any atom is -0.456 e. The molecule has 0 bridgehead atoms. The molecule has 2 aromatic heterocycles. The van der Waals surface area contributed by atoms with E-state index < -0.39 is 0 Å². The molecule has 2 heterocycles. The Labute approximate surface area is 181 Å². The summed E-state index contributed by atoms with van der Waals surface area (Å²) in [6.45, 7) is 10.6. The van der Waals surface area contributed by atoms with Gasteiger partial charge in [0.2, 0.25) is 0 Å². The number of aromatic nitrogens is 1. The summed E-state index contributed by atoms with van der Waals surface area (Å²) in [6, 6.07) is 21.3. The van der Waals surface area contributed by atoms with Crippen LogP contribution in [0, 0.1) is 0 Å². The van der Waals surface area contributed by atoms with E-state index in [4.69, 9.17) is 4.42 Å². The van der Waals surface area contributed by atoms with Gasteiger partial charge in [0.1, 0.15) is 11.0 Å². The molecule has 2 heteroatoms. The molecule has 5 aromatic rings. The molecule has 0 saturated heterocycles. The monoisotopic (exact) mass is 403 g/mol. The van der Waals surface area contributed by atoms with Crippen LogP contribution in [-0.4, -0.2) is 4.98 Å². The molecule has 0 aliphatic heterocycles. The van der Waals surface area contributed by atoms with Crippen LogP contribution in [0.1, 0.15) is 32.0 Å². The first-order valence-corrected chi connectivity index (χ1v) is 10.6. The summed E-state index contributed by atoms with van der Waals surface area (Å²) in [5.41, 5.74) is 4.02. The van der Waals surface area contributed by atoms with Crippen molar-refractivity contribution in [2.45, 2.75) is 26.2 Å². The van der Waals surface area contributed by atoms with Gasteiger partial charge in [0.15, 0.2) is 0 Å². The van der Waals surface area contributed by atoms with E-state index in [0.717, 1.165) is 32.7 Å². The second-order valence-electron chi connectivity index (χ2n) is 8.97. The summed E-state index contributed by atoms with van der Waals surface area (Å²) in [6.07, 6.45) is 7.70. The Morgan fingerprint density at radius 2 is 1.68 bits per heavy atom. The third-order valence-corrected chi connectivity index (χ3v) is 5.87. The standard InChI is InChI=1S/C29H25NO/c1-5-8-24-25-9-6-7-10-27(25)31-28(24)18-26-23-13-11-19-17-20(29(2,3)4)12-14-21(19)22(23)15-16-30-26/h5-18H,1H2,2-4H3. The van der Waals surface area contributed by atoms with E-state index in [1.54, 1.807) is 6.08 Å². The molecule has 152 valence electrons. The number of hydrogen-bond donors (Lipinski definition) is 0. The van der Waals surface area contributed by atoms with Crippen molar-refractivity contribution >= 4 is 44.7 Å². The molecule has 0 unspecified atom stereocenters. The molecule has 0 N–H and O–H groups in total. The van der Waals surface area contributed by atoms with Crippen LogP contribution in [0.3, 0.4) is 0 Å². The van der Waals surface area contributed by atoms with E-state index in [2.05, 4.69) is 74.8 Å². The number of furan rings is 1. The summed E-state index contributed by atoms with van der Waals surface area (Å²) < 4.78 is 6.17. The molecule has 0 aliphatic carbocycles. The Kier molecular flexibility index (Phi) is 4.51. The number of fused-ring (bicyclic) bond motifs is 4. The average molecular weight is 404 g/mol. The zero-order valence-corrected chi connectivity index (χ0v) is 18.1. The van der Waals surface area contributed by atoms with Crippen LogP contribution in [-0.2, 0) is 5.41 Å². The van der Waals surface area contributed by atoms with Crippen LogP contribution in [0.2, 0.25) is 0 Å². The number of nitrogens with zero attached hydrogens (tertiary/aromatic N) is 1. The van der Waals surface area contributed by atoms with Crippen LogP contribution < -0.4 is 10.6 Å². The van der Waals surface area contributed by atoms with Gasteiger partial charge in [-0.15, -0.1) is 0 Å². The molecule has 0 amide bonds. The van der Waals surface area contributed by atoms with E-state index in [1.807, 2.05) is 36.5 Å².